The Morgan fingerprint density at radius 1 is 0.970 bits per heavy atom. The van der Waals surface area contributed by atoms with Gasteiger partial charge in [-0.05, 0) is 56.2 Å². The number of anilines is 1. The minimum atomic E-state index is -0.909. The highest BCUT2D eigenvalue weighted by atomic mass is 16.5. The Morgan fingerprint density at radius 3 is 2.39 bits per heavy atom. The van der Waals surface area contributed by atoms with Crippen LogP contribution in [0.2, 0.25) is 0 Å². The molecule has 0 radical (unpaired) electrons. The van der Waals surface area contributed by atoms with Gasteiger partial charge in [0.1, 0.15) is 17.3 Å². The summed E-state index contributed by atoms with van der Waals surface area (Å²) in [5, 5.41) is 21.8. The number of nitrogens with zero attached hydrogens (tertiary/aromatic N) is 1. The molecule has 1 atom stereocenters. The molecule has 1 fully saturated rings. The van der Waals surface area contributed by atoms with Crippen LogP contribution < -0.4 is 9.64 Å². The zero-order valence-corrected chi connectivity index (χ0v) is 18.6. The highest BCUT2D eigenvalue weighted by Crippen LogP contribution is 2.45. The van der Waals surface area contributed by atoms with E-state index in [2.05, 4.69) is 0 Å². The molecule has 0 bridgehead atoms. The molecule has 4 rings (SSSR count). The lowest BCUT2D eigenvalue weighted by molar-refractivity contribution is -0.132. The summed E-state index contributed by atoms with van der Waals surface area (Å²) < 4.78 is 5.72. The molecule has 168 valence electrons. The quantitative estimate of drug-likeness (QED) is 0.325. The van der Waals surface area contributed by atoms with E-state index < -0.39 is 17.7 Å². The molecule has 1 amide bonds. The molecule has 0 aliphatic carbocycles. The number of Topliss-reactive ketones (excluding diaryl/α,β-unsaturated/α-hetero) is 1. The third kappa shape index (κ3) is 4.20. The van der Waals surface area contributed by atoms with E-state index in [9.17, 15) is 19.8 Å². The summed E-state index contributed by atoms with van der Waals surface area (Å²) in [4.78, 5) is 27.7. The van der Waals surface area contributed by atoms with Crippen LogP contribution >= 0.6 is 0 Å². The van der Waals surface area contributed by atoms with Gasteiger partial charge in [0.2, 0.25) is 0 Å². The largest absolute Gasteiger partial charge is 0.507 e. The van der Waals surface area contributed by atoms with E-state index in [1.54, 1.807) is 60.7 Å². The molecular weight excluding hydrogens is 418 g/mol. The highest BCUT2D eigenvalue weighted by Gasteiger charge is 2.47. The fourth-order valence-corrected chi connectivity index (χ4v) is 4.00. The summed E-state index contributed by atoms with van der Waals surface area (Å²) in [6, 6.07) is 19.7. The fourth-order valence-electron chi connectivity index (χ4n) is 4.00. The SMILES string of the molecule is Cc1ccc(O)c(N2C(=O)C(=O)/C(=C(/O)c3cccc(OC(C)C)c3)C2c2ccccc2)c1. The van der Waals surface area contributed by atoms with Crippen molar-refractivity contribution in [2.24, 2.45) is 0 Å². The van der Waals surface area contributed by atoms with Crippen molar-refractivity contribution in [2.75, 3.05) is 4.90 Å². The lowest BCUT2D eigenvalue weighted by Crippen LogP contribution is -2.29. The monoisotopic (exact) mass is 443 g/mol. The molecule has 0 saturated carbocycles. The molecule has 6 nitrogen and oxygen atoms in total. The van der Waals surface area contributed by atoms with Crippen molar-refractivity contribution in [1.29, 1.82) is 0 Å². The minimum absolute atomic E-state index is 0.0474. The van der Waals surface area contributed by atoms with E-state index in [1.165, 1.54) is 11.0 Å². The number of rotatable bonds is 5. The molecule has 1 heterocycles. The first-order valence-electron chi connectivity index (χ1n) is 10.7. The van der Waals surface area contributed by atoms with Crippen molar-refractivity contribution in [3.8, 4) is 11.5 Å². The van der Waals surface area contributed by atoms with Gasteiger partial charge < -0.3 is 14.9 Å². The maximum absolute atomic E-state index is 13.2. The number of amides is 1. The van der Waals surface area contributed by atoms with Gasteiger partial charge in [0, 0.05) is 5.56 Å². The first-order chi connectivity index (χ1) is 15.8. The number of benzene rings is 3. The average Bonchev–Trinajstić information content (AvgIpc) is 3.06. The number of hydrogen-bond donors (Lipinski definition) is 2. The second kappa shape index (κ2) is 8.82. The Kier molecular flexibility index (Phi) is 5.92. The third-order valence-corrected chi connectivity index (χ3v) is 5.43. The molecule has 6 heteroatoms. The molecule has 0 aromatic heterocycles. The van der Waals surface area contributed by atoms with Gasteiger partial charge in [-0.2, -0.15) is 0 Å². The van der Waals surface area contributed by atoms with Crippen molar-refractivity contribution < 1.29 is 24.5 Å². The van der Waals surface area contributed by atoms with Crippen LogP contribution in [-0.4, -0.2) is 28.0 Å². The second-order valence-electron chi connectivity index (χ2n) is 8.27. The zero-order chi connectivity index (χ0) is 23.7. The number of carbonyl (C=O) groups is 2. The van der Waals surface area contributed by atoms with E-state index in [0.29, 0.717) is 16.9 Å². The maximum Gasteiger partial charge on any atom is 0.300 e. The number of carbonyl (C=O) groups excluding carboxylic acids is 2. The van der Waals surface area contributed by atoms with Crippen LogP contribution in [0.3, 0.4) is 0 Å². The van der Waals surface area contributed by atoms with Gasteiger partial charge in [0.25, 0.3) is 11.7 Å². The first kappa shape index (κ1) is 22.1. The summed E-state index contributed by atoms with van der Waals surface area (Å²) >= 11 is 0. The molecule has 1 aliphatic heterocycles. The smallest absolute Gasteiger partial charge is 0.300 e. The molecule has 2 N–H and O–H groups in total. The minimum Gasteiger partial charge on any atom is -0.507 e. The number of phenolic OH excluding ortho intramolecular Hbond substituents is 1. The Hall–Kier alpha value is -4.06. The van der Waals surface area contributed by atoms with Gasteiger partial charge in [0.15, 0.2) is 0 Å². The topological polar surface area (TPSA) is 87.1 Å². The van der Waals surface area contributed by atoms with Crippen LogP contribution in [0.15, 0.2) is 78.4 Å². The van der Waals surface area contributed by atoms with Gasteiger partial charge in [-0.25, -0.2) is 0 Å². The van der Waals surface area contributed by atoms with E-state index in [-0.39, 0.29) is 28.9 Å². The summed E-state index contributed by atoms with van der Waals surface area (Å²) in [6.45, 7) is 5.61. The predicted molar refractivity (Wildman–Crippen MR) is 126 cm³/mol. The Morgan fingerprint density at radius 2 is 1.70 bits per heavy atom. The number of ether oxygens (including phenoxy) is 1. The summed E-state index contributed by atoms with van der Waals surface area (Å²) in [7, 11) is 0. The molecule has 0 spiro atoms. The zero-order valence-electron chi connectivity index (χ0n) is 18.6. The van der Waals surface area contributed by atoms with Crippen molar-refractivity contribution in [1.82, 2.24) is 0 Å². The molecule has 3 aromatic carbocycles. The second-order valence-corrected chi connectivity index (χ2v) is 8.27. The average molecular weight is 443 g/mol. The van der Waals surface area contributed by atoms with Crippen molar-refractivity contribution in [2.45, 2.75) is 32.9 Å². The Bertz CT molecular complexity index is 1250. The van der Waals surface area contributed by atoms with Crippen LogP contribution in [0.5, 0.6) is 11.5 Å². The van der Waals surface area contributed by atoms with Crippen LogP contribution in [0.25, 0.3) is 5.76 Å². The van der Waals surface area contributed by atoms with Gasteiger partial charge >= 0.3 is 0 Å². The predicted octanol–water partition coefficient (Wildman–Crippen LogP) is 5.11. The number of aryl methyl sites for hydroxylation is 1. The lowest BCUT2D eigenvalue weighted by atomic mass is 9.95. The van der Waals surface area contributed by atoms with Crippen molar-refractivity contribution >= 4 is 23.1 Å². The molecule has 1 saturated heterocycles. The summed E-state index contributed by atoms with van der Waals surface area (Å²) in [6.07, 6.45) is -0.0680. The Balaban J connectivity index is 1.93. The number of aliphatic hydroxyl groups is 1. The standard InChI is InChI=1S/C27H25NO5/c1-16(2)33-20-11-7-10-19(15-20)25(30)23-24(18-8-5-4-6-9-18)28(27(32)26(23)31)21-14-17(3)12-13-22(21)29/h4-16,24,29-30H,1-3H3/b25-23+. The van der Waals surface area contributed by atoms with Gasteiger partial charge in [0.05, 0.1) is 23.4 Å². The number of hydrogen-bond acceptors (Lipinski definition) is 5. The molecule has 33 heavy (non-hydrogen) atoms. The van der Waals surface area contributed by atoms with Gasteiger partial charge in [-0.1, -0.05) is 48.5 Å². The number of ketones is 1. The third-order valence-electron chi connectivity index (χ3n) is 5.43. The number of aromatic hydroxyl groups is 1. The summed E-state index contributed by atoms with van der Waals surface area (Å²) in [5.41, 5.74) is 1.97. The first-order valence-corrected chi connectivity index (χ1v) is 10.7. The normalized spacial score (nSPS) is 17.6. The van der Waals surface area contributed by atoms with E-state index >= 15 is 0 Å². The molecule has 3 aromatic rings. The highest BCUT2D eigenvalue weighted by molar-refractivity contribution is 6.51. The number of aliphatic hydroxyl groups excluding tert-OH is 1. The van der Waals surface area contributed by atoms with Crippen LogP contribution in [0.4, 0.5) is 5.69 Å². The molecular formula is C27H25NO5. The molecule has 1 aliphatic rings. The van der Waals surface area contributed by atoms with Crippen LogP contribution in [0.1, 0.15) is 36.6 Å². The summed E-state index contributed by atoms with van der Waals surface area (Å²) in [5.74, 6) is -1.53. The van der Waals surface area contributed by atoms with E-state index in [4.69, 9.17) is 4.74 Å². The van der Waals surface area contributed by atoms with Gasteiger partial charge in [-0.15, -0.1) is 0 Å². The van der Waals surface area contributed by atoms with E-state index in [0.717, 1.165) is 5.56 Å². The number of phenols is 1. The van der Waals surface area contributed by atoms with Gasteiger partial charge in [-0.3, -0.25) is 14.5 Å². The van der Waals surface area contributed by atoms with E-state index in [1.807, 2.05) is 26.8 Å². The van der Waals surface area contributed by atoms with Crippen molar-refractivity contribution in [3.05, 3.63) is 95.1 Å². The molecule has 1 unspecified atom stereocenters. The Labute approximate surface area is 192 Å². The fraction of sp³-hybridized carbons (Fsp3) is 0.185. The van der Waals surface area contributed by atoms with Crippen molar-refractivity contribution in [3.63, 3.8) is 0 Å². The maximum atomic E-state index is 13.2. The van der Waals surface area contributed by atoms with Crippen LogP contribution in [-0.2, 0) is 9.59 Å². The lowest BCUT2D eigenvalue weighted by Gasteiger charge is -2.26. The van der Waals surface area contributed by atoms with Crippen LogP contribution in [0, 0.1) is 6.92 Å².